The van der Waals surface area contributed by atoms with E-state index < -0.39 is 11.6 Å². The second-order valence-corrected chi connectivity index (χ2v) is 4.23. The lowest BCUT2D eigenvalue weighted by Gasteiger charge is -2.13. The normalized spacial score (nSPS) is 12.0. The minimum Gasteiger partial charge on any atom is -0.374 e. The van der Waals surface area contributed by atoms with E-state index in [1.807, 2.05) is 13.8 Å². The molecule has 3 nitrogen and oxygen atoms in total. The van der Waals surface area contributed by atoms with Gasteiger partial charge in [0, 0.05) is 6.04 Å². The maximum absolute atomic E-state index is 13.2. The molecule has 0 saturated carbocycles. The number of carbonyl (C=O) groups excluding carboxylic acids is 1. The summed E-state index contributed by atoms with van der Waals surface area (Å²) in [5.74, 6) is -1.36. The van der Waals surface area contributed by atoms with Crippen molar-refractivity contribution < 1.29 is 13.6 Å². The Labute approximate surface area is 106 Å². The summed E-state index contributed by atoms with van der Waals surface area (Å²) in [6.45, 7) is 3.86. The molecule has 0 aliphatic carbocycles. The average molecular weight is 256 g/mol. The second kappa shape index (κ2) is 6.93. The highest BCUT2D eigenvalue weighted by Gasteiger charge is 2.08. The Balaban J connectivity index is 2.45. The van der Waals surface area contributed by atoms with Crippen LogP contribution in [0.2, 0.25) is 0 Å². The lowest BCUT2D eigenvalue weighted by atomic mass is 10.2. The molecule has 0 aromatic heterocycles. The Morgan fingerprint density at radius 3 is 2.78 bits per heavy atom. The predicted octanol–water partition coefficient (Wildman–Crippen LogP) is 2.68. The van der Waals surface area contributed by atoms with Crippen molar-refractivity contribution in [3.63, 3.8) is 0 Å². The highest BCUT2D eigenvalue weighted by molar-refractivity contribution is 5.80. The Morgan fingerprint density at radius 2 is 2.11 bits per heavy atom. The van der Waals surface area contributed by atoms with E-state index in [1.165, 1.54) is 0 Å². The zero-order valence-electron chi connectivity index (χ0n) is 10.6. The molecule has 1 unspecified atom stereocenters. The quantitative estimate of drug-likeness (QED) is 0.821. The van der Waals surface area contributed by atoms with Crippen molar-refractivity contribution in [2.75, 3.05) is 11.9 Å². The maximum atomic E-state index is 13.2. The molecule has 100 valence electrons. The summed E-state index contributed by atoms with van der Waals surface area (Å²) in [4.78, 5) is 11.5. The molecule has 0 aliphatic rings. The molecular formula is C13H18F2N2O. The summed E-state index contributed by atoms with van der Waals surface area (Å²) >= 11 is 0. The zero-order valence-corrected chi connectivity index (χ0v) is 10.6. The first-order chi connectivity index (χ1) is 8.52. The van der Waals surface area contributed by atoms with Crippen LogP contribution in [0, 0.1) is 11.6 Å². The first-order valence-corrected chi connectivity index (χ1v) is 6.01. The zero-order chi connectivity index (χ0) is 13.5. The van der Waals surface area contributed by atoms with Crippen molar-refractivity contribution in [1.82, 2.24) is 5.32 Å². The van der Waals surface area contributed by atoms with E-state index in [4.69, 9.17) is 0 Å². The van der Waals surface area contributed by atoms with Crippen LogP contribution in [0.3, 0.4) is 0 Å². The largest absolute Gasteiger partial charge is 0.374 e. The molecule has 0 saturated heterocycles. The standard InChI is InChI=1S/C13H18F2N2O/c1-3-4-9(2)17-13(18)8-16-12-7-10(14)5-6-11(12)15/h5-7,9,16H,3-4,8H2,1-2H3,(H,17,18). The predicted molar refractivity (Wildman–Crippen MR) is 67.4 cm³/mol. The Kier molecular flexibility index (Phi) is 5.55. The van der Waals surface area contributed by atoms with Gasteiger partial charge in [0.2, 0.25) is 5.91 Å². The molecule has 1 aromatic carbocycles. The van der Waals surface area contributed by atoms with Crippen LogP contribution in [0.4, 0.5) is 14.5 Å². The SMILES string of the molecule is CCCC(C)NC(=O)CNc1cc(F)ccc1F. The molecule has 0 radical (unpaired) electrons. The summed E-state index contributed by atoms with van der Waals surface area (Å²) in [7, 11) is 0. The summed E-state index contributed by atoms with van der Waals surface area (Å²) in [5, 5.41) is 5.34. The fourth-order valence-electron chi connectivity index (χ4n) is 1.64. The summed E-state index contributed by atoms with van der Waals surface area (Å²) < 4.78 is 26.1. The molecule has 0 aliphatic heterocycles. The van der Waals surface area contributed by atoms with Crippen molar-refractivity contribution in [2.45, 2.75) is 32.7 Å². The van der Waals surface area contributed by atoms with Gasteiger partial charge in [0.25, 0.3) is 0 Å². The molecule has 18 heavy (non-hydrogen) atoms. The van der Waals surface area contributed by atoms with Crippen LogP contribution >= 0.6 is 0 Å². The number of nitrogens with one attached hydrogen (secondary N) is 2. The lowest BCUT2D eigenvalue weighted by molar-refractivity contribution is -0.120. The Morgan fingerprint density at radius 1 is 1.39 bits per heavy atom. The highest BCUT2D eigenvalue weighted by atomic mass is 19.1. The minimum absolute atomic E-state index is 0.00621. The minimum atomic E-state index is -0.578. The average Bonchev–Trinajstić information content (AvgIpc) is 2.30. The van der Waals surface area contributed by atoms with E-state index in [-0.39, 0.29) is 24.2 Å². The van der Waals surface area contributed by atoms with Crippen LogP contribution < -0.4 is 10.6 Å². The van der Waals surface area contributed by atoms with Crippen LogP contribution in [-0.2, 0) is 4.79 Å². The van der Waals surface area contributed by atoms with Gasteiger partial charge in [0.1, 0.15) is 11.6 Å². The van der Waals surface area contributed by atoms with Gasteiger partial charge in [0.05, 0.1) is 12.2 Å². The van der Waals surface area contributed by atoms with Gasteiger partial charge in [-0.3, -0.25) is 4.79 Å². The molecule has 0 fully saturated rings. The Hall–Kier alpha value is -1.65. The first kappa shape index (κ1) is 14.4. The summed E-state index contributed by atoms with van der Waals surface area (Å²) in [6, 6.07) is 3.17. The van der Waals surface area contributed by atoms with Crippen molar-refractivity contribution >= 4 is 11.6 Å². The third kappa shape index (κ3) is 4.69. The van der Waals surface area contributed by atoms with E-state index in [1.54, 1.807) is 0 Å². The van der Waals surface area contributed by atoms with Crippen molar-refractivity contribution in [3.8, 4) is 0 Å². The number of amides is 1. The monoisotopic (exact) mass is 256 g/mol. The van der Waals surface area contributed by atoms with Crippen molar-refractivity contribution in [3.05, 3.63) is 29.8 Å². The number of rotatable bonds is 6. The second-order valence-electron chi connectivity index (χ2n) is 4.23. The molecule has 1 rings (SSSR count). The molecule has 1 aromatic rings. The van der Waals surface area contributed by atoms with Crippen LogP contribution in [0.25, 0.3) is 0 Å². The van der Waals surface area contributed by atoms with E-state index in [0.29, 0.717) is 0 Å². The molecular weight excluding hydrogens is 238 g/mol. The summed E-state index contributed by atoms with van der Waals surface area (Å²) in [5.41, 5.74) is -0.00621. The van der Waals surface area contributed by atoms with Crippen molar-refractivity contribution in [1.29, 1.82) is 0 Å². The third-order valence-corrected chi connectivity index (χ3v) is 2.50. The molecule has 1 amide bonds. The van der Waals surface area contributed by atoms with E-state index in [9.17, 15) is 13.6 Å². The van der Waals surface area contributed by atoms with E-state index >= 15 is 0 Å². The van der Waals surface area contributed by atoms with Crippen LogP contribution in [0.15, 0.2) is 18.2 Å². The van der Waals surface area contributed by atoms with Gasteiger partial charge in [-0.25, -0.2) is 8.78 Å². The number of anilines is 1. The number of halogens is 2. The number of benzene rings is 1. The Bertz CT molecular complexity index is 410. The van der Waals surface area contributed by atoms with Gasteiger partial charge in [0.15, 0.2) is 0 Å². The smallest absolute Gasteiger partial charge is 0.239 e. The topological polar surface area (TPSA) is 41.1 Å². The van der Waals surface area contributed by atoms with Crippen LogP contribution in [-0.4, -0.2) is 18.5 Å². The lowest BCUT2D eigenvalue weighted by Crippen LogP contribution is -2.36. The van der Waals surface area contributed by atoms with E-state index in [2.05, 4.69) is 10.6 Å². The van der Waals surface area contributed by atoms with Crippen LogP contribution in [0.5, 0.6) is 0 Å². The number of hydrogen-bond acceptors (Lipinski definition) is 2. The maximum Gasteiger partial charge on any atom is 0.239 e. The van der Waals surface area contributed by atoms with Gasteiger partial charge in [-0.15, -0.1) is 0 Å². The molecule has 1 atom stereocenters. The third-order valence-electron chi connectivity index (χ3n) is 2.50. The molecule has 5 heteroatoms. The fraction of sp³-hybridized carbons (Fsp3) is 0.462. The van der Waals surface area contributed by atoms with Gasteiger partial charge in [-0.05, 0) is 31.5 Å². The van der Waals surface area contributed by atoms with E-state index in [0.717, 1.165) is 31.0 Å². The molecule has 0 spiro atoms. The van der Waals surface area contributed by atoms with Gasteiger partial charge >= 0.3 is 0 Å². The van der Waals surface area contributed by atoms with Gasteiger partial charge in [-0.1, -0.05) is 13.3 Å². The molecule has 0 heterocycles. The van der Waals surface area contributed by atoms with Gasteiger partial charge < -0.3 is 10.6 Å². The summed E-state index contributed by atoms with van der Waals surface area (Å²) in [6.07, 6.45) is 1.87. The highest BCUT2D eigenvalue weighted by Crippen LogP contribution is 2.14. The number of hydrogen-bond donors (Lipinski definition) is 2. The van der Waals surface area contributed by atoms with Gasteiger partial charge in [-0.2, -0.15) is 0 Å². The molecule has 2 N–H and O–H groups in total. The van der Waals surface area contributed by atoms with Crippen LogP contribution in [0.1, 0.15) is 26.7 Å². The fourth-order valence-corrected chi connectivity index (χ4v) is 1.64. The van der Waals surface area contributed by atoms with Crippen molar-refractivity contribution in [2.24, 2.45) is 0 Å². The number of carbonyl (C=O) groups is 1. The molecule has 0 bridgehead atoms. The first-order valence-electron chi connectivity index (χ1n) is 6.01.